The Morgan fingerprint density at radius 3 is 2.94 bits per heavy atom. The molecule has 0 bridgehead atoms. The van der Waals surface area contributed by atoms with Crippen molar-refractivity contribution in [2.24, 2.45) is 5.92 Å². The van der Waals surface area contributed by atoms with Gasteiger partial charge in [-0.1, -0.05) is 0 Å². The highest BCUT2D eigenvalue weighted by Gasteiger charge is 2.26. The van der Waals surface area contributed by atoms with Gasteiger partial charge in [-0.15, -0.1) is 0 Å². The Labute approximate surface area is 106 Å². The van der Waals surface area contributed by atoms with Gasteiger partial charge < -0.3 is 20.5 Å². The van der Waals surface area contributed by atoms with E-state index < -0.39 is 0 Å². The molecule has 1 saturated heterocycles. The van der Waals surface area contributed by atoms with E-state index in [0.29, 0.717) is 30.1 Å². The zero-order valence-electron chi connectivity index (χ0n) is 10.4. The molecular weight excluding hydrogens is 232 g/mol. The van der Waals surface area contributed by atoms with E-state index in [1.54, 1.807) is 30.2 Å². The Bertz CT molecular complexity index is 448. The highest BCUT2D eigenvalue weighted by Crippen LogP contribution is 2.24. The van der Waals surface area contributed by atoms with Crippen LogP contribution < -0.4 is 10.5 Å². The molecule has 18 heavy (non-hydrogen) atoms. The smallest absolute Gasteiger partial charge is 0.253 e. The van der Waals surface area contributed by atoms with Crippen molar-refractivity contribution in [2.45, 2.75) is 6.42 Å². The third-order valence-electron chi connectivity index (χ3n) is 3.31. The van der Waals surface area contributed by atoms with Gasteiger partial charge in [0.15, 0.2) is 0 Å². The number of nitrogen functional groups attached to an aromatic ring is 1. The lowest BCUT2D eigenvalue weighted by molar-refractivity contribution is 0.0782. The number of likely N-dealkylation sites (tertiary alicyclic amines) is 1. The van der Waals surface area contributed by atoms with Gasteiger partial charge in [0.25, 0.3) is 5.91 Å². The van der Waals surface area contributed by atoms with Crippen LogP contribution in [0.2, 0.25) is 0 Å². The summed E-state index contributed by atoms with van der Waals surface area (Å²) in [5.74, 6) is 0.728. The van der Waals surface area contributed by atoms with Gasteiger partial charge in [-0.2, -0.15) is 0 Å². The molecule has 1 amide bonds. The van der Waals surface area contributed by atoms with E-state index in [9.17, 15) is 4.79 Å². The van der Waals surface area contributed by atoms with Crippen molar-refractivity contribution in [3.8, 4) is 5.75 Å². The average Bonchev–Trinajstić information content (AvgIpc) is 2.86. The van der Waals surface area contributed by atoms with E-state index in [-0.39, 0.29) is 18.4 Å². The molecule has 1 atom stereocenters. The number of amides is 1. The van der Waals surface area contributed by atoms with Gasteiger partial charge in [-0.25, -0.2) is 0 Å². The minimum Gasteiger partial charge on any atom is -0.495 e. The lowest BCUT2D eigenvalue weighted by atomic mass is 10.1. The van der Waals surface area contributed by atoms with Crippen LogP contribution in [0, 0.1) is 5.92 Å². The summed E-state index contributed by atoms with van der Waals surface area (Å²) in [4.78, 5) is 14.0. The molecule has 0 spiro atoms. The Morgan fingerprint density at radius 1 is 1.61 bits per heavy atom. The van der Waals surface area contributed by atoms with Gasteiger partial charge in [0.1, 0.15) is 5.75 Å². The van der Waals surface area contributed by atoms with E-state index in [4.69, 9.17) is 15.6 Å². The minimum atomic E-state index is -0.0414. The van der Waals surface area contributed by atoms with Crippen LogP contribution in [-0.2, 0) is 0 Å². The summed E-state index contributed by atoms with van der Waals surface area (Å²) in [5.41, 5.74) is 6.81. The van der Waals surface area contributed by atoms with Crippen LogP contribution in [0.15, 0.2) is 18.2 Å². The quantitative estimate of drug-likeness (QED) is 0.775. The van der Waals surface area contributed by atoms with Gasteiger partial charge >= 0.3 is 0 Å². The molecular formula is C13H18N2O3. The van der Waals surface area contributed by atoms with Crippen molar-refractivity contribution >= 4 is 11.6 Å². The third kappa shape index (κ3) is 2.41. The Kier molecular flexibility index (Phi) is 3.72. The van der Waals surface area contributed by atoms with Gasteiger partial charge in [0, 0.05) is 31.2 Å². The predicted molar refractivity (Wildman–Crippen MR) is 68.5 cm³/mol. The molecule has 0 aromatic heterocycles. The molecule has 1 unspecified atom stereocenters. The van der Waals surface area contributed by atoms with Crippen molar-refractivity contribution in [3.63, 3.8) is 0 Å². The molecule has 2 rings (SSSR count). The van der Waals surface area contributed by atoms with Crippen LogP contribution >= 0.6 is 0 Å². The monoisotopic (exact) mass is 250 g/mol. The van der Waals surface area contributed by atoms with E-state index in [0.717, 1.165) is 6.42 Å². The lowest BCUT2D eigenvalue weighted by Gasteiger charge is -2.16. The number of hydrogen-bond acceptors (Lipinski definition) is 4. The highest BCUT2D eigenvalue weighted by atomic mass is 16.5. The fourth-order valence-electron chi connectivity index (χ4n) is 2.22. The zero-order valence-corrected chi connectivity index (χ0v) is 10.4. The summed E-state index contributed by atoms with van der Waals surface area (Å²) in [7, 11) is 1.54. The Balaban J connectivity index is 2.12. The normalized spacial score (nSPS) is 19.0. The van der Waals surface area contributed by atoms with Crippen molar-refractivity contribution in [2.75, 3.05) is 32.5 Å². The number of carbonyl (C=O) groups excluding carboxylic acids is 1. The topological polar surface area (TPSA) is 75.8 Å². The van der Waals surface area contributed by atoms with E-state index in [2.05, 4.69) is 0 Å². The molecule has 5 heteroatoms. The van der Waals surface area contributed by atoms with Crippen LogP contribution in [0.25, 0.3) is 0 Å². The molecule has 98 valence electrons. The van der Waals surface area contributed by atoms with Gasteiger partial charge in [0.05, 0.1) is 12.8 Å². The molecule has 1 aliphatic rings. The van der Waals surface area contributed by atoms with Crippen LogP contribution in [0.3, 0.4) is 0 Å². The molecule has 0 radical (unpaired) electrons. The number of carbonyl (C=O) groups is 1. The average molecular weight is 250 g/mol. The van der Waals surface area contributed by atoms with Gasteiger partial charge in [0.2, 0.25) is 0 Å². The third-order valence-corrected chi connectivity index (χ3v) is 3.31. The maximum Gasteiger partial charge on any atom is 0.253 e. The summed E-state index contributed by atoms with van der Waals surface area (Å²) in [6.45, 7) is 1.44. The van der Waals surface area contributed by atoms with E-state index in [1.807, 2.05) is 0 Å². The van der Waals surface area contributed by atoms with E-state index >= 15 is 0 Å². The Hall–Kier alpha value is -1.75. The van der Waals surface area contributed by atoms with Crippen molar-refractivity contribution in [1.29, 1.82) is 0 Å². The largest absolute Gasteiger partial charge is 0.495 e. The predicted octanol–water partition coefficient (Wildman–Crippen LogP) is 0.732. The second-order valence-corrected chi connectivity index (χ2v) is 4.55. The molecule has 1 fully saturated rings. The lowest BCUT2D eigenvalue weighted by Crippen LogP contribution is -2.29. The summed E-state index contributed by atoms with van der Waals surface area (Å²) in [6, 6.07) is 5.04. The van der Waals surface area contributed by atoms with Crippen molar-refractivity contribution in [3.05, 3.63) is 23.8 Å². The fourth-order valence-corrected chi connectivity index (χ4v) is 2.22. The maximum atomic E-state index is 12.2. The summed E-state index contributed by atoms with van der Waals surface area (Å²) < 4.78 is 5.06. The second-order valence-electron chi connectivity index (χ2n) is 4.55. The standard InChI is InChI=1S/C13H18N2O3/c1-18-12-3-2-10(6-11(12)14)13(17)15-5-4-9(7-15)8-16/h2-3,6,9,16H,4-5,7-8,14H2,1H3. The molecule has 1 aromatic carbocycles. The summed E-state index contributed by atoms with van der Waals surface area (Å²) in [6.07, 6.45) is 0.855. The van der Waals surface area contributed by atoms with Crippen LogP contribution in [0.5, 0.6) is 5.75 Å². The zero-order chi connectivity index (χ0) is 13.1. The van der Waals surface area contributed by atoms with Crippen molar-refractivity contribution in [1.82, 2.24) is 4.90 Å². The highest BCUT2D eigenvalue weighted by molar-refractivity contribution is 5.95. The first-order chi connectivity index (χ1) is 8.65. The molecule has 1 aliphatic heterocycles. The number of benzene rings is 1. The Morgan fingerprint density at radius 2 is 2.39 bits per heavy atom. The van der Waals surface area contributed by atoms with Crippen LogP contribution in [0.4, 0.5) is 5.69 Å². The number of aliphatic hydroxyl groups is 1. The van der Waals surface area contributed by atoms with Crippen LogP contribution in [0.1, 0.15) is 16.8 Å². The van der Waals surface area contributed by atoms with Crippen molar-refractivity contribution < 1.29 is 14.6 Å². The number of anilines is 1. The maximum absolute atomic E-state index is 12.2. The first-order valence-electron chi connectivity index (χ1n) is 5.99. The van der Waals surface area contributed by atoms with Gasteiger partial charge in [-0.3, -0.25) is 4.79 Å². The van der Waals surface area contributed by atoms with E-state index in [1.165, 1.54) is 0 Å². The number of ether oxygens (including phenoxy) is 1. The second kappa shape index (κ2) is 5.27. The number of aliphatic hydroxyl groups excluding tert-OH is 1. The number of nitrogens with two attached hydrogens (primary N) is 1. The fraction of sp³-hybridized carbons (Fsp3) is 0.462. The van der Waals surface area contributed by atoms with Crippen LogP contribution in [-0.4, -0.2) is 42.7 Å². The molecule has 0 saturated carbocycles. The number of rotatable bonds is 3. The molecule has 5 nitrogen and oxygen atoms in total. The molecule has 3 N–H and O–H groups in total. The summed E-state index contributed by atoms with van der Waals surface area (Å²) >= 11 is 0. The number of hydrogen-bond donors (Lipinski definition) is 2. The number of methoxy groups -OCH3 is 1. The SMILES string of the molecule is COc1ccc(C(=O)N2CCC(CO)C2)cc1N. The first kappa shape index (κ1) is 12.7. The first-order valence-corrected chi connectivity index (χ1v) is 5.99. The molecule has 1 aromatic rings. The van der Waals surface area contributed by atoms with Gasteiger partial charge in [-0.05, 0) is 24.6 Å². The number of nitrogens with zero attached hydrogens (tertiary/aromatic N) is 1. The summed E-state index contributed by atoms with van der Waals surface area (Å²) in [5, 5.41) is 9.07. The molecule has 0 aliphatic carbocycles. The minimum absolute atomic E-state index is 0.0414. The molecule has 1 heterocycles.